The molecule has 1 N–H and O–H groups in total. The predicted molar refractivity (Wildman–Crippen MR) is 75.2 cm³/mol. The maximum Gasteiger partial charge on any atom is 0.418 e. The summed E-state index contributed by atoms with van der Waals surface area (Å²) in [6, 6.07) is 1.04. The Labute approximate surface area is 143 Å². The van der Waals surface area contributed by atoms with Gasteiger partial charge in [0.25, 0.3) is 0 Å². The molecule has 0 bridgehead atoms. The Morgan fingerprint density at radius 2 is 1.85 bits per heavy atom. The number of aliphatic hydroxyl groups excluding tert-OH is 1. The summed E-state index contributed by atoms with van der Waals surface area (Å²) in [5.74, 6) is 0. The molecule has 0 aromatic heterocycles. The molecule has 1 heterocycles. The van der Waals surface area contributed by atoms with Gasteiger partial charge in [0.05, 0.1) is 22.9 Å². The van der Waals surface area contributed by atoms with Crippen LogP contribution >= 0.6 is 0 Å². The minimum absolute atomic E-state index is 0.342. The van der Waals surface area contributed by atoms with E-state index in [1.807, 2.05) is 0 Å². The number of carbonyl (C=O) groups is 1. The first-order valence-electron chi connectivity index (χ1n) is 7.16. The van der Waals surface area contributed by atoms with Crippen LogP contribution < -0.4 is 4.90 Å². The predicted octanol–water partition coefficient (Wildman–Crippen LogP) is 3.52. The van der Waals surface area contributed by atoms with Crippen molar-refractivity contribution in [3.8, 4) is 6.07 Å². The van der Waals surface area contributed by atoms with E-state index in [0.29, 0.717) is 4.90 Å². The highest BCUT2D eigenvalue weighted by Crippen LogP contribution is 2.41. The Kier molecular flexibility index (Phi) is 4.85. The lowest BCUT2D eigenvalue weighted by Crippen LogP contribution is -2.51. The van der Waals surface area contributed by atoms with Gasteiger partial charge in [-0.2, -0.15) is 31.6 Å². The Hall–Kier alpha value is -2.48. The molecule has 0 unspecified atom stereocenters. The van der Waals surface area contributed by atoms with E-state index in [9.17, 15) is 36.2 Å². The van der Waals surface area contributed by atoms with Gasteiger partial charge in [0, 0.05) is 0 Å². The van der Waals surface area contributed by atoms with Crippen LogP contribution in [0.1, 0.15) is 23.6 Å². The Bertz CT molecular complexity index is 768. The van der Waals surface area contributed by atoms with Gasteiger partial charge < -0.3 is 9.84 Å². The number of cyclic esters (lactones) is 1. The summed E-state index contributed by atoms with van der Waals surface area (Å²) in [4.78, 5) is 12.3. The number of benzene rings is 1. The number of amides is 1. The number of hydrogen-bond donors (Lipinski definition) is 1. The number of nitrogens with zero attached hydrogens (tertiary/aromatic N) is 2. The lowest BCUT2D eigenvalue weighted by Gasteiger charge is -2.30. The van der Waals surface area contributed by atoms with E-state index in [-0.39, 0.29) is 0 Å². The molecule has 11 heteroatoms. The highest BCUT2D eigenvalue weighted by molar-refractivity contribution is 5.92. The molecule has 1 aromatic rings. The van der Waals surface area contributed by atoms with Crippen LogP contribution in [-0.2, 0) is 10.9 Å². The zero-order valence-electron chi connectivity index (χ0n) is 13.3. The van der Waals surface area contributed by atoms with Gasteiger partial charge in [-0.15, -0.1) is 0 Å². The highest BCUT2D eigenvalue weighted by atomic mass is 19.4. The average molecular weight is 382 g/mol. The number of carbonyl (C=O) groups excluding carboxylic acids is 1. The van der Waals surface area contributed by atoms with E-state index in [0.717, 1.165) is 26.0 Å². The number of anilines is 1. The smallest absolute Gasteiger partial charge is 0.418 e. The molecule has 1 fully saturated rings. The van der Waals surface area contributed by atoms with Gasteiger partial charge in [-0.3, -0.25) is 4.90 Å². The maximum atomic E-state index is 13.3. The molecular formula is C15H12F6N2O3. The van der Waals surface area contributed by atoms with E-state index in [1.54, 1.807) is 0 Å². The SMILES string of the molecule is Cc1c(N2C(=O)O[C@H](C)[C@@H]2[C@@H](O)C(F)(F)F)ccc(C#N)c1C(F)(F)F. The maximum absolute atomic E-state index is 13.3. The van der Waals surface area contributed by atoms with Crippen molar-refractivity contribution < 1.29 is 41.0 Å². The van der Waals surface area contributed by atoms with Crippen LogP contribution in [0.5, 0.6) is 0 Å². The fourth-order valence-electron chi connectivity index (χ4n) is 2.89. The Morgan fingerprint density at radius 1 is 1.27 bits per heavy atom. The fourth-order valence-corrected chi connectivity index (χ4v) is 2.89. The lowest BCUT2D eigenvalue weighted by atomic mass is 9.97. The molecule has 0 aliphatic carbocycles. The monoisotopic (exact) mass is 382 g/mol. The normalized spacial score (nSPS) is 22.2. The van der Waals surface area contributed by atoms with Crippen LogP contribution in [0, 0.1) is 18.3 Å². The zero-order valence-corrected chi connectivity index (χ0v) is 13.3. The van der Waals surface area contributed by atoms with Crippen LogP contribution in [0.3, 0.4) is 0 Å². The summed E-state index contributed by atoms with van der Waals surface area (Å²) >= 11 is 0. The van der Waals surface area contributed by atoms with Crippen molar-refractivity contribution in [2.24, 2.45) is 0 Å². The van der Waals surface area contributed by atoms with E-state index < -0.39 is 59.1 Å². The topological polar surface area (TPSA) is 73.6 Å². The first-order valence-corrected chi connectivity index (χ1v) is 7.16. The Morgan fingerprint density at radius 3 is 2.31 bits per heavy atom. The lowest BCUT2D eigenvalue weighted by molar-refractivity contribution is -0.212. The first kappa shape index (κ1) is 19.8. The molecule has 0 radical (unpaired) electrons. The molecule has 1 aromatic carbocycles. The second kappa shape index (κ2) is 6.35. The summed E-state index contributed by atoms with van der Waals surface area (Å²) < 4.78 is 83.2. The molecule has 5 nitrogen and oxygen atoms in total. The first-order chi connectivity index (χ1) is 11.8. The van der Waals surface area contributed by atoms with E-state index in [2.05, 4.69) is 4.74 Å². The molecule has 0 spiro atoms. The third-order valence-corrected chi connectivity index (χ3v) is 4.02. The fraction of sp³-hybridized carbons (Fsp3) is 0.467. The van der Waals surface area contributed by atoms with E-state index in [4.69, 9.17) is 5.26 Å². The molecule has 0 saturated carbocycles. The molecular weight excluding hydrogens is 370 g/mol. The average Bonchev–Trinajstić information content (AvgIpc) is 2.77. The van der Waals surface area contributed by atoms with Crippen LogP contribution in [0.2, 0.25) is 0 Å². The highest BCUT2D eigenvalue weighted by Gasteiger charge is 2.54. The summed E-state index contributed by atoms with van der Waals surface area (Å²) in [7, 11) is 0. The van der Waals surface area contributed by atoms with E-state index in [1.165, 1.54) is 6.07 Å². The van der Waals surface area contributed by atoms with Crippen LogP contribution in [0.4, 0.5) is 36.8 Å². The number of nitriles is 1. The molecule has 1 saturated heterocycles. The van der Waals surface area contributed by atoms with Crippen molar-refractivity contribution in [3.05, 3.63) is 28.8 Å². The molecule has 26 heavy (non-hydrogen) atoms. The second-order valence-corrected chi connectivity index (χ2v) is 5.68. The molecule has 3 atom stereocenters. The second-order valence-electron chi connectivity index (χ2n) is 5.68. The largest absolute Gasteiger partial charge is 0.444 e. The molecule has 2 rings (SSSR count). The van der Waals surface area contributed by atoms with Gasteiger partial charge in [-0.05, 0) is 31.5 Å². The van der Waals surface area contributed by atoms with Crippen LogP contribution in [0.15, 0.2) is 12.1 Å². The molecule has 1 amide bonds. The number of halogens is 6. The number of hydrogen-bond acceptors (Lipinski definition) is 4. The summed E-state index contributed by atoms with van der Waals surface area (Å²) in [6.45, 7) is 2.01. The molecule has 1 aliphatic rings. The van der Waals surface area contributed by atoms with Gasteiger partial charge in [-0.1, -0.05) is 0 Å². The minimum Gasteiger partial charge on any atom is -0.444 e. The minimum atomic E-state index is -5.13. The zero-order chi connectivity index (χ0) is 20.0. The number of alkyl halides is 6. The quantitative estimate of drug-likeness (QED) is 0.795. The molecule has 1 aliphatic heterocycles. The van der Waals surface area contributed by atoms with Crippen molar-refractivity contribution in [3.63, 3.8) is 0 Å². The van der Waals surface area contributed by atoms with Crippen molar-refractivity contribution in [2.75, 3.05) is 4.90 Å². The third-order valence-electron chi connectivity index (χ3n) is 4.02. The van der Waals surface area contributed by atoms with Gasteiger partial charge in [0.2, 0.25) is 0 Å². The number of ether oxygens (including phenoxy) is 1. The Balaban J connectivity index is 2.66. The van der Waals surface area contributed by atoms with Crippen molar-refractivity contribution in [1.82, 2.24) is 0 Å². The van der Waals surface area contributed by atoms with Gasteiger partial charge in [0.15, 0.2) is 6.10 Å². The summed E-state index contributed by atoms with van der Waals surface area (Å²) in [6.07, 6.45) is -15.9. The summed E-state index contributed by atoms with van der Waals surface area (Å²) in [5.41, 5.74) is -3.27. The van der Waals surface area contributed by atoms with Crippen molar-refractivity contribution in [1.29, 1.82) is 5.26 Å². The van der Waals surface area contributed by atoms with Gasteiger partial charge >= 0.3 is 18.4 Å². The van der Waals surface area contributed by atoms with Gasteiger partial charge in [0.1, 0.15) is 12.1 Å². The molecule has 142 valence electrons. The number of rotatable bonds is 2. The standard InChI is InChI=1S/C15H12F6N2O3/c1-6-9(4-3-8(5-22)10(6)14(16,17)18)23-11(7(2)26-13(23)25)12(24)15(19,20)21/h3-4,7,11-12,24H,1-2H3/t7-,11-,12-/m1/s1. The van der Waals surface area contributed by atoms with Gasteiger partial charge in [-0.25, -0.2) is 4.79 Å². The van der Waals surface area contributed by atoms with E-state index >= 15 is 0 Å². The third kappa shape index (κ3) is 3.29. The van der Waals surface area contributed by atoms with Crippen molar-refractivity contribution in [2.45, 2.75) is 44.4 Å². The van der Waals surface area contributed by atoms with Crippen LogP contribution in [-0.4, -0.2) is 35.6 Å². The van der Waals surface area contributed by atoms with Crippen molar-refractivity contribution >= 4 is 11.8 Å². The summed E-state index contributed by atoms with van der Waals surface area (Å²) in [5, 5.41) is 18.4. The number of aliphatic hydroxyl groups is 1. The van der Waals surface area contributed by atoms with Crippen LogP contribution in [0.25, 0.3) is 0 Å².